The number of nitrogens with zero attached hydrogens (tertiary/aromatic N) is 4. The lowest BCUT2D eigenvalue weighted by molar-refractivity contribution is 0.233. The average molecular weight is 249 g/mol. The standard InChI is InChI=1S/C13H23N5/c1-5-11-15-12(14)10(3)13(16-11)18-7-6-17(4)9(2)8-18/h9H,5-8H2,1-4H3,(H2,14,15,16). The molecule has 1 unspecified atom stereocenters. The predicted molar refractivity (Wildman–Crippen MR) is 74.9 cm³/mol. The van der Waals surface area contributed by atoms with Crippen molar-refractivity contribution in [2.75, 3.05) is 37.3 Å². The molecule has 18 heavy (non-hydrogen) atoms. The number of nitrogen functional groups attached to an aromatic ring is 1. The molecular formula is C13H23N5. The molecule has 5 heteroatoms. The number of anilines is 2. The van der Waals surface area contributed by atoms with Gasteiger partial charge in [0.2, 0.25) is 0 Å². The van der Waals surface area contributed by atoms with Crippen LogP contribution in [0.15, 0.2) is 0 Å². The lowest BCUT2D eigenvalue weighted by Crippen LogP contribution is -2.50. The number of rotatable bonds is 2. The van der Waals surface area contributed by atoms with Crippen molar-refractivity contribution in [1.29, 1.82) is 0 Å². The Morgan fingerprint density at radius 1 is 1.33 bits per heavy atom. The third kappa shape index (κ3) is 2.41. The first kappa shape index (κ1) is 13.1. The number of hydrogen-bond acceptors (Lipinski definition) is 5. The molecule has 1 fully saturated rings. The zero-order chi connectivity index (χ0) is 13.3. The van der Waals surface area contributed by atoms with Gasteiger partial charge in [0.25, 0.3) is 0 Å². The van der Waals surface area contributed by atoms with Gasteiger partial charge in [-0.15, -0.1) is 0 Å². The third-order valence-electron chi connectivity index (χ3n) is 3.78. The largest absolute Gasteiger partial charge is 0.383 e. The number of nitrogens with two attached hydrogens (primary N) is 1. The topological polar surface area (TPSA) is 58.3 Å². The molecule has 100 valence electrons. The second kappa shape index (κ2) is 5.10. The molecule has 1 aromatic heterocycles. The van der Waals surface area contributed by atoms with Crippen LogP contribution in [0.4, 0.5) is 11.6 Å². The van der Waals surface area contributed by atoms with E-state index >= 15 is 0 Å². The van der Waals surface area contributed by atoms with Gasteiger partial charge < -0.3 is 15.5 Å². The number of likely N-dealkylation sites (N-methyl/N-ethyl adjacent to an activating group) is 1. The van der Waals surface area contributed by atoms with Crippen LogP contribution in [0.5, 0.6) is 0 Å². The summed E-state index contributed by atoms with van der Waals surface area (Å²) in [5.74, 6) is 2.46. The summed E-state index contributed by atoms with van der Waals surface area (Å²) in [6, 6.07) is 0.541. The molecule has 0 aromatic carbocycles. The highest BCUT2D eigenvalue weighted by molar-refractivity contribution is 5.56. The molecular weight excluding hydrogens is 226 g/mol. The maximum atomic E-state index is 5.98. The Morgan fingerprint density at radius 3 is 2.67 bits per heavy atom. The fraction of sp³-hybridized carbons (Fsp3) is 0.692. The van der Waals surface area contributed by atoms with E-state index in [1.165, 1.54) is 0 Å². The highest BCUT2D eigenvalue weighted by atomic mass is 15.3. The smallest absolute Gasteiger partial charge is 0.137 e. The predicted octanol–water partition coefficient (Wildman–Crippen LogP) is 1.07. The molecule has 2 N–H and O–H groups in total. The fourth-order valence-electron chi connectivity index (χ4n) is 2.28. The van der Waals surface area contributed by atoms with Gasteiger partial charge in [-0.05, 0) is 20.9 Å². The van der Waals surface area contributed by atoms with Gasteiger partial charge in [0, 0.05) is 37.7 Å². The van der Waals surface area contributed by atoms with E-state index in [-0.39, 0.29) is 0 Å². The first-order chi connectivity index (χ1) is 8.52. The summed E-state index contributed by atoms with van der Waals surface area (Å²) in [5, 5.41) is 0. The normalized spacial score (nSPS) is 21.3. The molecule has 0 radical (unpaired) electrons. The number of piperazine rings is 1. The minimum absolute atomic E-state index is 0.541. The van der Waals surface area contributed by atoms with Crippen LogP contribution in [-0.4, -0.2) is 47.6 Å². The number of aryl methyl sites for hydroxylation is 1. The second-order valence-corrected chi connectivity index (χ2v) is 5.10. The molecule has 1 saturated heterocycles. The molecule has 0 bridgehead atoms. The van der Waals surface area contributed by atoms with E-state index < -0.39 is 0 Å². The SMILES string of the molecule is CCc1nc(N)c(C)c(N2CCN(C)C(C)C2)n1. The second-order valence-electron chi connectivity index (χ2n) is 5.10. The van der Waals surface area contributed by atoms with Crippen molar-refractivity contribution >= 4 is 11.6 Å². The Morgan fingerprint density at radius 2 is 2.06 bits per heavy atom. The van der Waals surface area contributed by atoms with Crippen LogP contribution in [0.1, 0.15) is 25.2 Å². The highest BCUT2D eigenvalue weighted by Crippen LogP contribution is 2.24. The lowest BCUT2D eigenvalue weighted by Gasteiger charge is -2.39. The van der Waals surface area contributed by atoms with E-state index in [4.69, 9.17) is 5.73 Å². The van der Waals surface area contributed by atoms with Crippen molar-refractivity contribution in [2.24, 2.45) is 0 Å². The van der Waals surface area contributed by atoms with E-state index in [9.17, 15) is 0 Å². The minimum atomic E-state index is 0.541. The maximum Gasteiger partial charge on any atom is 0.137 e. The van der Waals surface area contributed by atoms with Gasteiger partial charge in [-0.3, -0.25) is 0 Å². The summed E-state index contributed by atoms with van der Waals surface area (Å²) in [7, 11) is 2.17. The molecule has 0 saturated carbocycles. The monoisotopic (exact) mass is 249 g/mol. The van der Waals surface area contributed by atoms with Gasteiger partial charge >= 0.3 is 0 Å². The van der Waals surface area contributed by atoms with Crippen LogP contribution in [0.2, 0.25) is 0 Å². The number of hydrogen-bond donors (Lipinski definition) is 1. The van der Waals surface area contributed by atoms with Crippen LogP contribution in [-0.2, 0) is 6.42 Å². The Kier molecular flexibility index (Phi) is 3.71. The molecule has 1 aliphatic rings. The molecule has 1 aliphatic heterocycles. The Labute approximate surface area is 109 Å². The zero-order valence-electron chi connectivity index (χ0n) is 11.8. The quantitative estimate of drug-likeness (QED) is 0.849. The van der Waals surface area contributed by atoms with Crippen LogP contribution >= 0.6 is 0 Å². The van der Waals surface area contributed by atoms with Crippen molar-refractivity contribution in [3.05, 3.63) is 11.4 Å². The van der Waals surface area contributed by atoms with Crippen LogP contribution in [0.3, 0.4) is 0 Å². The average Bonchev–Trinajstić information content (AvgIpc) is 2.36. The van der Waals surface area contributed by atoms with Gasteiger partial charge in [-0.2, -0.15) is 0 Å². The lowest BCUT2D eigenvalue weighted by atomic mass is 10.2. The van der Waals surface area contributed by atoms with Crippen molar-refractivity contribution in [3.8, 4) is 0 Å². The molecule has 0 amide bonds. The van der Waals surface area contributed by atoms with E-state index in [0.29, 0.717) is 11.9 Å². The highest BCUT2D eigenvalue weighted by Gasteiger charge is 2.23. The van der Waals surface area contributed by atoms with Gasteiger partial charge in [-0.25, -0.2) is 9.97 Å². The van der Waals surface area contributed by atoms with Gasteiger partial charge in [-0.1, -0.05) is 6.92 Å². The first-order valence-electron chi connectivity index (χ1n) is 6.61. The summed E-state index contributed by atoms with van der Waals surface area (Å²) in [6.07, 6.45) is 0.820. The molecule has 1 atom stereocenters. The van der Waals surface area contributed by atoms with Crippen molar-refractivity contribution in [1.82, 2.24) is 14.9 Å². The molecule has 2 heterocycles. The fourth-order valence-corrected chi connectivity index (χ4v) is 2.28. The maximum absolute atomic E-state index is 5.98. The minimum Gasteiger partial charge on any atom is -0.383 e. The first-order valence-corrected chi connectivity index (χ1v) is 6.61. The molecule has 5 nitrogen and oxygen atoms in total. The summed E-state index contributed by atoms with van der Waals surface area (Å²) in [4.78, 5) is 13.7. The van der Waals surface area contributed by atoms with Crippen molar-refractivity contribution in [2.45, 2.75) is 33.2 Å². The van der Waals surface area contributed by atoms with Crippen LogP contribution in [0, 0.1) is 6.92 Å². The molecule has 1 aromatic rings. The van der Waals surface area contributed by atoms with Gasteiger partial charge in [0.05, 0.1) is 0 Å². The van der Waals surface area contributed by atoms with Crippen molar-refractivity contribution in [3.63, 3.8) is 0 Å². The summed E-state index contributed by atoms with van der Waals surface area (Å²) >= 11 is 0. The van der Waals surface area contributed by atoms with Gasteiger partial charge in [0.1, 0.15) is 17.5 Å². The van der Waals surface area contributed by atoms with E-state index in [2.05, 4.69) is 40.7 Å². The van der Waals surface area contributed by atoms with Gasteiger partial charge in [0.15, 0.2) is 0 Å². The van der Waals surface area contributed by atoms with Crippen LogP contribution < -0.4 is 10.6 Å². The third-order valence-corrected chi connectivity index (χ3v) is 3.78. The summed E-state index contributed by atoms with van der Waals surface area (Å²) in [5.41, 5.74) is 6.98. The number of aromatic nitrogens is 2. The van der Waals surface area contributed by atoms with Crippen molar-refractivity contribution < 1.29 is 0 Å². The summed E-state index contributed by atoms with van der Waals surface area (Å²) in [6.45, 7) is 9.37. The Bertz CT molecular complexity index is 432. The Balaban J connectivity index is 2.30. The summed E-state index contributed by atoms with van der Waals surface area (Å²) < 4.78 is 0. The molecule has 0 aliphatic carbocycles. The van der Waals surface area contributed by atoms with E-state index in [0.717, 1.165) is 43.3 Å². The zero-order valence-corrected chi connectivity index (χ0v) is 11.8. The van der Waals surface area contributed by atoms with Crippen LogP contribution in [0.25, 0.3) is 0 Å². The van der Waals surface area contributed by atoms with E-state index in [1.807, 2.05) is 6.92 Å². The molecule has 0 spiro atoms. The van der Waals surface area contributed by atoms with E-state index in [1.54, 1.807) is 0 Å². The molecule has 2 rings (SSSR count). The Hall–Kier alpha value is -1.36.